The van der Waals surface area contributed by atoms with Crippen molar-refractivity contribution in [3.05, 3.63) is 15.6 Å². The lowest BCUT2D eigenvalue weighted by Gasteiger charge is -2.25. The lowest BCUT2D eigenvalue weighted by molar-refractivity contribution is 0.228. The summed E-state index contributed by atoms with van der Waals surface area (Å²) in [6, 6.07) is 0.440. The Labute approximate surface area is 119 Å². The predicted molar refractivity (Wildman–Crippen MR) is 79.5 cm³/mol. The minimum atomic E-state index is 0.440. The van der Waals surface area contributed by atoms with Gasteiger partial charge in [0.05, 0.1) is 11.7 Å². The first-order valence-electron chi connectivity index (χ1n) is 7.27. The van der Waals surface area contributed by atoms with Gasteiger partial charge in [0.15, 0.2) is 0 Å². The highest BCUT2D eigenvalue weighted by Gasteiger charge is 2.32. The Morgan fingerprint density at radius 3 is 2.79 bits per heavy atom. The van der Waals surface area contributed by atoms with Gasteiger partial charge in [-0.05, 0) is 46.4 Å². The summed E-state index contributed by atoms with van der Waals surface area (Å²) in [6.45, 7) is 4.07. The maximum absolute atomic E-state index is 5.90. The fraction of sp³-hybridized carbons (Fsp3) is 0.786. The van der Waals surface area contributed by atoms with Crippen molar-refractivity contribution in [1.82, 2.24) is 14.8 Å². The zero-order chi connectivity index (χ0) is 13.4. The molecular weight excluding hydrogens is 256 g/mol. The summed E-state index contributed by atoms with van der Waals surface area (Å²) >= 11 is 1.84. The van der Waals surface area contributed by atoms with E-state index in [1.807, 2.05) is 11.3 Å². The number of likely N-dealkylation sites (N-methyl/N-ethyl adjacent to an activating group) is 2. The molecule has 1 aromatic rings. The van der Waals surface area contributed by atoms with Gasteiger partial charge in [0.2, 0.25) is 0 Å². The van der Waals surface area contributed by atoms with Crippen molar-refractivity contribution in [3.8, 4) is 0 Å². The molecule has 1 aliphatic heterocycles. The zero-order valence-electron chi connectivity index (χ0n) is 11.9. The van der Waals surface area contributed by atoms with E-state index in [0.29, 0.717) is 18.5 Å². The maximum Gasteiger partial charge on any atom is 0.112 e. The van der Waals surface area contributed by atoms with Crippen LogP contribution in [0.5, 0.6) is 0 Å². The Hall–Kier alpha value is -0.490. The Morgan fingerprint density at radius 1 is 1.32 bits per heavy atom. The first-order chi connectivity index (χ1) is 9.19. The van der Waals surface area contributed by atoms with E-state index in [1.165, 1.54) is 41.4 Å². The highest BCUT2D eigenvalue weighted by atomic mass is 32.1. The average molecular weight is 280 g/mol. The van der Waals surface area contributed by atoms with E-state index >= 15 is 0 Å². The van der Waals surface area contributed by atoms with Crippen LogP contribution < -0.4 is 5.73 Å². The largest absolute Gasteiger partial charge is 0.326 e. The summed E-state index contributed by atoms with van der Waals surface area (Å²) in [5, 5.41) is 1.28. The summed E-state index contributed by atoms with van der Waals surface area (Å²) in [5.41, 5.74) is 7.21. The number of nitrogens with two attached hydrogens (primary N) is 1. The second-order valence-corrected chi connectivity index (χ2v) is 7.07. The van der Waals surface area contributed by atoms with Gasteiger partial charge in [-0.25, -0.2) is 4.98 Å². The molecule has 19 heavy (non-hydrogen) atoms. The lowest BCUT2D eigenvalue weighted by Crippen LogP contribution is -2.30. The molecule has 0 amide bonds. The summed E-state index contributed by atoms with van der Waals surface area (Å²) in [4.78, 5) is 11.2. The van der Waals surface area contributed by atoms with Crippen molar-refractivity contribution in [2.75, 3.05) is 33.7 Å². The molecule has 0 bridgehead atoms. The first-order valence-corrected chi connectivity index (χ1v) is 8.09. The second-order valence-electron chi connectivity index (χ2n) is 5.95. The molecule has 2 N–H and O–H groups in total. The number of rotatable bonds is 3. The van der Waals surface area contributed by atoms with E-state index in [4.69, 9.17) is 10.7 Å². The van der Waals surface area contributed by atoms with Gasteiger partial charge in [0.25, 0.3) is 0 Å². The maximum atomic E-state index is 5.90. The normalized spacial score (nSPS) is 26.6. The van der Waals surface area contributed by atoms with Crippen LogP contribution in [0.25, 0.3) is 0 Å². The molecule has 106 valence electrons. The molecule has 1 saturated carbocycles. The van der Waals surface area contributed by atoms with E-state index in [2.05, 4.69) is 23.9 Å². The molecule has 2 aliphatic rings. The summed E-state index contributed by atoms with van der Waals surface area (Å²) < 4.78 is 0. The van der Waals surface area contributed by atoms with Crippen LogP contribution in [-0.2, 0) is 6.54 Å². The third kappa shape index (κ3) is 2.84. The van der Waals surface area contributed by atoms with Crippen molar-refractivity contribution in [2.45, 2.75) is 37.8 Å². The van der Waals surface area contributed by atoms with Crippen LogP contribution in [-0.4, -0.2) is 48.5 Å². The minimum Gasteiger partial charge on any atom is -0.326 e. The van der Waals surface area contributed by atoms with Gasteiger partial charge in [-0.2, -0.15) is 0 Å². The zero-order valence-corrected chi connectivity index (χ0v) is 12.7. The molecule has 0 spiro atoms. The highest BCUT2D eigenvalue weighted by Crippen LogP contribution is 2.43. The van der Waals surface area contributed by atoms with Crippen molar-refractivity contribution >= 4 is 11.3 Å². The molecule has 0 aromatic carbocycles. The Morgan fingerprint density at radius 2 is 2.11 bits per heavy atom. The fourth-order valence-electron chi connectivity index (χ4n) is 2.89. The molecule has 2 fully saturated rings. The number of aromatic nitrogens is 1. The van der Waals surface area contributed by atoms with Crippen molar-refractivity contribution in [3.63, 3.8) is 0 Å². The number of hydrogen-bond donors (Lipinski definition) is 1. The molecule has 5 heteroatoms. The molecule has 1 aliphatic carbocycles. The Kier molecular flexibility index (Phi) is 3.89. The van der Waals surface area contributed by atoms with Gasteiger partial charge < -0.3 is 10.6 Å². The second kappa shape index (κ2) is 5.48. The van der Waals surface area contributed by atoms with Crippen LogP contribution in [0, 0.1) is 0 Å². The van der Waals surface area contributed by atoms with Gasteiger partial charge in [-0.15, -0.1) is 11.3 Å². The summed E-state index contributed by atoms with van der Waals surface area (Å²) in [7, 11) is 4.44. The van der Waals surface area contributed by atoms with Gasteiger partial charge in [0, 0.05) is 23.9 Å². The van der Waals surface area contributed by atoms with Gasteiger partial charge >= 0.3 is 0 Å². The van der Waals surface area contributed by atoms with Crippen LogP contribution in [0.4, 0.5) is 0 Å². The molecule has 0 radical (unpaired) electrons. The van der Waals surface area contributed by atoms with E-state index < -0.39 is 0 Å². The summed E-state index contributed by atoms with van der Waals surface area (Å²) in [5.74, 6) is 0.706. The topological polar surface area (TPSA) is 45.4 Å². The van der Waals surface area contributed by atoms with Crippen LogP contribution in [0.2, 0.25) is 0 Å². The molecule has 1 aromatic heterocycles. The van der Waals surface area contributed by atoms with Crippen LogP contribution in [0.3, 0.4) is 0 Å². The Bertz CT molecular complexity index is 441. The minimum absolute atomic E-state index is 0.440. The quantitative estimate of drug-likeness (QED) is 0.917. The fourth-order valence-corrected chi connectivity index (χ4v) is 4.07. The molecule has 3 rings (SSSR count). The highest BCUT2D eigenvalue weighted by molar-refractivity contribution is 7.11. The number of nitrogens with zero attached hydrogens (tertiary/aromatic N) is 3. The van der Waals surface area contributed by atoms with Crippen molar-refractivity contribution in [2.24, 2.45) is 5.73 Å². The standard InChI is InChI=1S/C14H24N4S/c1-17-6-3-7-18(2)11(9-17)14-16-13(10-4-5-10)12(8-15)19-14/h10-11H,3-9,15H2,1-2H3. The summed E-state index contributed by atoms with van der Waals surface area (Å²) in [6.07, 6.45) is 3.85. The third-order valence-electron chi connectivity index (χ3n) is 4.25. The van der Waals surface area contributed by atoms with Gasteiger partial charge in [-0.3, -0.25) is 4.90 Å². The van der Waals surface area contributed by atoms with Crippen LogP contribution >= 0.6 is 11.3 Å². The monoisotopic (exact) mass is 280 g/mol. The number of hydrogen-bond acceptors (Lipinski definition) is 5. The predicted octanol–water partition coefficient (Wildman–Crippen LogP) is 1.79. The van der Waals surface area contributed by atoms with E-state index in [-0.39, 0.29) is 0 Å². The lowest BCUT2D eigenvalue weighted by atomic mass is 10.2. The van der Waals surface area contributed by atoms with Crippen molar-refractivity contribution in [1.29, 1.82) is 0 Å². The first kappa shape index (κ1) is 13.5. The van der Waals surface area contributed by atoms with Crippen LogP contribution in [0.1, 0.15) is 46.8 Å². The smallest absolute Gasteiger partial charge is 0.112 e. The molecule has 4 nitrogen and oxygen atoms in total. The third-order valence-corrected chi connectivity index (χ3v) is 5.44. The molecule has 2 heterocycles. The van der Waals surface area contributed by atoms with E-state index in [9.17, 15) is 0 Å². The molecular formula is C14H24N4S. The van der Waals surface area contributed by atoms with Gasteiger partial charge in [-0.1, -0.05) is 0 Å². The molecule has 1 atom stereocenters. The van der Waals surface area contributed by atoms with E-state index in [0.717, 1.165) is 13.1 Å². The molecule has 1 unspecified atom stereocenters. The average Bonchev–Trinajstić information content (AvgIpc) is 3.17. The Balaban J connectivity index is 1.86. The molecule has 1 saturated heterocycles. The van der Waals surface area contributed by atoms with Gasteiger partial charge in [0.1, 0.15) is 5.01 Å². The van der Waals surface area contributed by atoms with Crippen molar-refractivity contribution < 1.29 is 0 Å². The number of thiazole rings is 1. The SMILES string of the molecule is CN1CCCN(C)C(c2nc(C3CC3)c(CN)s2)C1. The van der Waals surface area contributed by atoms with E-state index in [1.54, 1.807) is 0 Å². The van der Waals surface area contributed by atoms with Crippen LogP contribution in [0.15, 0.2) is 0 Å².